The summed E-state index contributed by atoms with van der Waals surface area (Å²) >= 11 is 0. The third-order valence-electron chi connectivity index (χ3n) is 5.92. The second-order valence-corrected chi connectivity index (χ2v) is 7.82. The monoisotopic (exact) mass is 448 g/mol. The van der Waals surface area contributed by atoms with E-state index >= 15 is 0 Å². The molecule has 2 aromatic carbocycles. The fraction of sp³-hybridized carbons (Fsp3) is 0.273. The summed E-state index contributed by atoms with van der Waals surface area (Å²) in [5.41, 5.74) is -4.64. The Balaban J connectivity index is 2.00. The molecular weight excluding hydrogens is 429 g/mol. The summed E-state index contributed by atoms with van der Waals surface area (Å²) in [5, 5.41) is 43.6. The van der Waals surface area contributed by atoms with Gasteiger partial charge in [0.2, 0.25) is 11.1 Å². The van der Waals surface area contributed by atoms with Gasteiger partial charge < -0.3 is 20.4 Å². The Hall–Kier alpha value is -3.21. The number of hydrogen-bond donors (Lipinski definition) is 4. The SMILES string of the molecule is Cc1cc(-c2cnn(C(CO)(CO)C(=O)O)c2)c2c(c1)[C@@](O)(C(F)(F)F)c1ccccc1-2. The average Bonchev–Trinajstić information content (AvgIpc) is 3.32. The van der Waals surface area contributed by atoms with Crippen molar-refractivity contribution in [2.24, 2.45) is 0 Å². The number of halogens is 3. The number of aliphatic carboxylic acids is 1. The number of aromatic nitrogens is 2. The number of benzene rings is 2. The smallest absolute Gasteiger partial charge is 0.425 e. The van der Waals surface area contributed by atoms with Crippen molar-refractivity contribution < 1.29 is 38.4 Å². The summed E-state index contributed by atoms with van der Waals surface area (Å²) in [7, 11) is 0. The predicted molar refractivity (Wildman–Crippen MR) is 107 cm³/mol. The first-order valence-electron chi connectivity index (χ1n) is 9.56. The van der Waals surface area contributed by atoms with Crippen LogP contribution in [-0.2, 0) is 15.9 Å². The van der Waals surface area contributed by atoms with Gasteiger partial charge in [-0.15, -0.1) is 0 Å². The van der Waals surface area contributed by atoms with Crippen LogP contribution in [0.1, 0.15) is 16.7 Å². The third-order valence-corrected chi connectivity index (χ3v) is 5.92. The van der Waals surface area contributed by atoms with Gasteiger partial charge >= 0.3 is 12.1 Å². The van der Waals surface area contributed by atoms with E-state index < -0.39 is 36.5 Å². The minimum absolute atomic E-state index is 0.152. The van der Waals surface area contributed by atoms with Crippen LogP contribution in [0.25, 0.3) is 22.3 Å². The van der Waals surface area contributed by atoms with Crippen LogP contribution in [0.3, 0.4) is 0 Å². The fourth-order valence-corrected chi connectivity index (χ4v) is 4.18. The van der Waals surface area contributed by atoms with Gasteiger partial charge in [0.05, 0.1) is 19.4 Å². The Morgan fingerprint density at radius 1 is 1.09 bits per heavy atom. The van der Waals surface area contributed by atoms with Crippen LogP contribution in [0.4, 0.5) is 13.2 Å². The van der Waals surface area contributed by atoms with Crippen molar-refractivity contribution in [3.8, 4) is 22.3 Å². The molecule has 4 N–H and O–H groups in total. The maximum Gasteiger partial charge on any atom is 0.425 e. The number of aryl methyl sites for hydroxylation is 1. The molecule has 0 aliphatic heterocycles. The standard InChI is InChI=1S/C22H19F3N2O5/c1-12-6-15(13-8-26-27(9-13)20(10-28,11-29)19(30)31)18-14-4-2-3-5-16(14)21(32,17(18)7-12)22(23,24)25/h2-9,28-29,32H,10-11H2,1H3,(H,30,31)/t21-/m1/s1. The van der Waals surface area contributed by atoms with Crippen molar-refractivity contribution in [3.05, 3.63) is 65.5 Å². The summed E-state index contributed by atoms with van der Waals surface area (Å²) in [6, 6.07) is 8.56. The highest BCUT2D eigenvalue weighted by molar-refractivity contribution is 5.92. The molecule has 0 radical (unpaired) electrons. The number of aliphatic hydroxyl groups is 3. The van der Waals surface area contributed by atoms with Crippen LogP contribution < -0.4 is 0 Å². The molecule has 168 valence electrons. The molecular formula is C22H19F3N2O5. The number of hydrogen-bond acceptors (Lipinski definition) is 5. The molecule has 10 heteroatoms. The number of carbonyl (C=O) groups is 1. The van der Waals surface area contributed by atoms with E-state index in [1.54, 1.807) is 19.1 Å². The summed E-state index contributed by atoms with van der Waals surface area (Å²) in [4.78, 5) is 11.7. The van der Waals surface area contributed by atoms with Crippen LogP contribution in [0, 0.1) is 6.92 Å². The number of rotatable bonds is 5. The minimum atomic E-state index is -4.99. The lowest BCUT2D eigenvalue weighted by molar-refractivity contribution is -0.246. The normalized spacial score (nSPS) is 17.8. The van der Waals surface area contributed by atoms with Crippen LogP contribution in [0.15, 0.2) is 48.8 Å². The Kier molecular flexibility index (Phi) is 4.92. The van der Waals surface area contributed by atoms with Gasteiger partial charge in [0.15, 0.2) is 0 Å². The van der Waals surface area contributed by atoms with Crippen molar-refractivity contribution in [2.45, 2.75) is 24.2 Å². The van der Waals surface area contributed by atoms with Crippen molar-refractivity contribution in [1.29, 1.82) is 0 Å². The number of alkyl halides is 3. The van der Waals surface area contributed by atoms with E-state index in [-0.39, 0.29) is 27.8 Å². The van der Waals surface area contributed by atoms with Crippen molar-refractivity contribution in [2.75, 3.05) is 13.2 Å². The molecule has 0 saturated heterocycles. The fourth-order valence-electron chi connectivity index (χ4n) is 4.18. The number of carboxylic acid groups (broad SMARTS) is 1. The zero-order valence-electron chi connectivity index (χ0n) is 16.8. The van der Waals surface area contributed by atoms with E-state index in [1.807, 2.05) is 0 Å². The topological polar surface area (TPSA) is 116 Å². The lowest BCUT2D eigenvalue weighted by atomic mass is 9.88. The van der Waals surface area contributed by atoms with Crippen molar-refractivity contribution in [3.63, 3.8) is 0 Å². The Morgan fingerprint density at radius 2 is 1.75 bits per heavy atom. The molecule has 0 bridgehead atoms. The third kappa shape index (κ3) is 2.80. The quantitative estimate of drug-likeness (QED) is 0.477. The molecule has 0 spiro atoms. The Bertz CT molecular complexity index is 1220. The predicted octanol–water partition coefficient (Wildman–Crippen LogP) is 2.40. The summed E-state index contributed by atoms with van der Waals surface area (Å²) in [6.07, 6.45) is -2.51. The largest absolute Gasteiger partial charge is 0.479 e. The summed E-state index contributed by atoms with van der Waals surface area (Å²) < 4.78 is 43.2. The van der Waals surface area contributed by atoms with Crippen LogP contribution in [0.5, 0.6) is 0 Å². The minimum Gasteiger partial charge on any atom is -0.479 e. The molecule has 0 amide bonds. The number of fused-ring (bicyclic) bond motifs is 3. The lowest BCUT2D eigenvalue weighted by Crippen LogP contribution is -2.48. The molecule has 0 fully saturated rings. The average molecular weight is 448 g/mol. The van der Waals surface area contributed by atoms with Gasteiger partial charge in [-0.25, -0.2) is 9.48 Å². The highest BCUT2D eigenvalue weighted by Gasteiger charge is 2.61. The molecule has 4 rings (SSSR count). The zero-order chi connectivity index (χ0) is 23.5. The van der Waals surface area contributed by atoms with E-state index in [9.17, 15) is 38.4 Å². The first-order chi connectivity index (χ1) is 15.0. The molecule has 0 unspecified atom stereocenters. The number of nitrogens with zero attached hydrogens (tertiary/aromatic N) is 2. The molecule has 0 saturated carbocycles. The maximum absolute atomic E-state index is 14.1. The molecule has 7 nitrogen and oxygen atoms in total. The molecule has 1 heterocycles. The maximum atomic E-state index is 14.1. The Labute approximate surface area is 180 Å². The number of carboxylic acids is 1. The van der Waals surface area contributed by atoms with Gasteiger partial charge in [-0.05, 0) is 23.6 Å². The van der Waals surface area contributed by atoms with Crippen LogP contribution in [0.2, 0.25) is 0 Å². The second kappa shape index (κ2) is 7.16. The van der Waals surface area contributed by atoms with E-state index in [0.29, 0.717) is 11.1 Å². The van der Waals surface area contributed by atoms with E-state index in [1.165, 1.54) is 36.7 Å². The van der Waals surface area contributed by atoms with Gasteiger partial charge in [-0.3, -0.25) is 0 Å². The van der Waals surface area contributed by atoms with Crippen molar-refractivity contribution in [1.82, 2.24) is 9.78 Å². The molecule has 1 aliphatic carbocycles. The summed E-state index contributed by atoms with van der Waals surface area (Å²) in [6.45, 7) is -0.331. The highest BCUT2D eigenvalue weighted by atomic mass is 19.4. The molecule has 1 atom stereocenters. The van der Waals surface area contributed by atoms with E-state index in [0.717, 1.165) is 4.68 Å². The highest BCUT2D eigenvalue weighted by Crippen LogP contribution is 2.57. The molecule has 1 aliphatic rings. The number of aliphatic hydroxyl groups excluding tert-OH is 2. The molecule has 3 aromatic rings. The zero-order valence-corrected chi connectivity index (χ0v) is 16.8. The first-order valence-corrected chi connectivity index (χ1v) is 9.56. The van der Waals surface area contributed by atoms with Gasteiger partial charge in [0, 0.05) is 22.9 Å². The van der Waals surface area contributed by atoms with Gasteiger partial charge in [0.1, 0.15) is 0 Å². The van der Waals surface area contributed by atoms with Crippen LogP contribution in [-0.4, -0.2) is 55.6 Å². The van der Waals surface area contributed by atoms with E-state index in [2.05, 4.69) is 5.10 Å². The lowest BCUT2D eigenvalue weighted by Gasteiger charge is -2.28. The van der Waals surface area contributed by atoms with Gasteiger partial charge in [-0.2, -0.15) is 18.3 Å². The summed E-state index contributed by atoms with van der Waals surface area (Å²) in [5.74, 6) is -1.52. The second-order valence-electron chi connectivity index (χ2n) is 7.82. The van der Waals surface area contributed by atoms with Gasteiger partial charge in [0.25, 0.3) is 0 Å². The molecule has 1 aromatic heterocycles. The van der Waals surface area contributed by atoms with Crippen molar-refractivity contribution >= 4 is 5.97 Å². The molecule has 32 heavy (non-hydrogen) atoms. The Morgan fingerprint density at radius 3 is 2.34 bits per heavy atom. The van der Waals surface area contributed by atoms with Crippen LogP contribution >= 0.6 is 0 Å². The first kappa shape index (κ1) is 22.0. The van der Waals surface area contributed by atoms with E-state index in [4.69, 9.17) is 0 Å². The van der Waals surface area contributed by atoms with Gasteiger partial charge in [-0.1, -0.05) is 42.0 Å².